The average Bonchev–Trinajstić information content (AvgIpc) is 3.20. The predicted octanol–water partition coefficient (Wildman–Crippen LogP) is 5.65. The lowest BCUT2D eigenvalue weighted by Crippen LogP contribution is -2.14. The van der Waals surface area contributed by atoms with Crippen LogP contribution in [0.3, 0.4) is 0 Å². The number of carbonyl (C=O) groups excluding carboxylic acids is 1. The SMILES string of the molecule is CCc1ccc(-c2cc3c(SCC(=O)Nc4ccc(C)c(Cl)c4)nccn3n2)cc1. The Morgan fingerprint density at radius 3 is 2.70 bits per heavy atom. The minimum Gasteiger partial charge on any atom is -0.325 e. The molecule has 0 aliphatic heterocycles. The molecule has 4 aromatic rings. The number of nitrogens with zero attached hydrogens (tertiary/aromatic N) is 3. The largest absolute Gasteiger partial charge is 0.325 e. The highest BCUT2D eigenvalue weighted by atomic mass is 35.5. The third-order valence-electron chi connectivity index (χ3n) is 4.81. The second-order valence-electron chi connectivity index (χ2n) is 6.94. The van der Waals surface area contributed by atoms with Gasteiger partial charge >= 0.3 is 0 Å². The van der Waals surface area contributed by atoms with Gasteiger partial charge in [0.1, 0.15) is 5.03 Å². The van der Waals surface area contributed by atoms with Gasteiger partial charge in [-0.1, -0.05) is 60.6 Å². The van der Waals surface area contributed by atoms with E-state index in [0.717, 1.165) is 33.8 Å². The van der Waals surface area contributed by atoms with Crippen LogP contribution in [0.4, 0.5) is 5.69 Å². The standard InChI is InChI=1S/C23H21ClN4OS/c1-3-16-5-7-17(8-6-16)20-13-21-23(25-10-11-28(21)27-20)30-14-22(29)26-18-9-4-15(2)19(24)12-18/h4-13H,3,14H2,1-2H3,(H,26,29). The first-order valence-electron chi connectivity index (χ1n) is 9.66. The summed E-state index contributed by atoms with van der Waals surface area (Å²) in [5.74, 6) is 0.128. The van der Waals surface area contributed by atoms with E-state index in [0.29, 0.717) is 10.7 Å². The normalized spacial score (nSPS) is 11.0. The van der Waals surface area contributed by atoms with Crippen molar-refractivity contribution in [2.24, 2.45) is 0 Å². The number of aryl methyl sites for hydroxylation is 2. The van der Waals surface area contributed by atoms with Crippen molar-refractivity contribution < 1.29 is 4.79 Å². The molecular formula is C23H21ClN4OS. The van der Waals surface area contributed by atoms with Gasteiger partial charge in [0.2, 0.25) is 5.91 Å². The fraction of sp³-hybridized carbons (Fsp3) is 0.174. The lowest BCUT2D eigenvalue weighted by atomic mass is 10.1. The number of fused-ring (bicyclic) bond motifs is 1. The molecule has 4 rings (SSSR count). The maximum atomic E-state index is 12.4. The number of anilines is 1. The summed E-state index contributed by atoms with van der Waals surface area (Å²) >= 11 is 7.51. The van der Waals surface area contributed by atoms with Crippen LogP contribution < -0.4 is 5.32 Å². The van der Waals surface area contributed by atoms with Crippen LogP contribution in [0.5, 0.6) is 0 Å². The number of nitrogens with one attached hydrogen (secondary N) is 1. The fourth-order valence-corrected chi connectivity index (χ4v) is 4.02. The van der Waals surface area contributed by atoms with Gasteiger partial charge in [-0.2, -0.15) is 5.10 Å². The predicted molar refractivity (Wildman–Crippen MR) is 123 cm³/mol. The Hall–Kier alpha value is -2.83. The summed E-state index contributed by atoms with van der Waals surface area (Å²) in [6.45, 7) is 4.06. The van der Waals surface area contributed by atoms with E-state index in [1.807, 2.05) is 31.3 Å². The van der Waals surface area contributed by atoms with E-state index in [4.69, 9.17) is 11.6 Å². The van der Waals surface area contributed by atoms with Crippen LogP contribution in [0, 0.1) is 6.92 Å². The van der Waals surface area contributed by atoms with E-state index < -0.39 is 0 Å². The zero-order chi connectivity index (χ0) is 21.1. The number of aromatic nitrogens is 3. The summed E-state index contributed by atoms with van der Waals surface area (Å²) in [5, 5.41) is 8.93. The van der Waals surface area contributed by atoms with Crippen LogP contribution in [-0.4, -0.2) is 26.3 Å². The van der Waals surface area contributed by atoms with E-state index in [-0.39, 0.29) is 11.7 Å². The molecule has 30 heavy (non-hydrogen) atoms. The average molecular weight is 437 g/mol. The number of hydrogen-bond donors (Lipinski definition) is 1. The van der Waals surface area contributed by atoms with Gasteiger partial charge in [0.25, 0.3) is 0 Å². The molecule has 1 amide bonds. The van der Waals surface area contributed by atoms with Crippen molar-refractivity contribution in [3.63, 3.8) is 0 Å². The smallest absolute Gasteiger partial charge is 0.234 e. The Balaban J connectivity index is 1.49. The maximum Gasteiger partial charge on any atom is 0.234 e. The van der Waals surface area contributed by atoms with Crippen LogP contribution in [0.1, 0.15) is 18.1 Å². The molecule has 2 aromatic carbocycles. The lowest BCUT2D eigenvalue weighted by Gasteiger charge is -2.07. The summed E-state index contributed by atoms with van der Waals surface area (Å²) in [4.78, 5) is 16.8. The molecule has 1 N–H and O–H groups in total. The van der Waals surface area contributed by atoms with E-state index in [1.165, 1.54) is 17.3 Å². The number of benzene rings is 2. The van der Waals surface area contributed by atoms with Gasteiger partial charge in [-0.25, -0.2) is 9.50 Å². The molecule has 0 bridgehead atoms. The topological polar surface area (TPSA) is 59.3 Å². The maximum absolute atomic E-state index is 12.4. The van der Waals surface area contributed by atoms with Crippen LogP contribution >= 0.6 is 23.4 Å². The molecule has 0 fully saturated rings. The van der Waals surface area contributed by atoms with Gasteiger partial charge in [-0.15, -0.1) is 0 Å². The quantitative estimate of drug-likeness (QED) is 0.397. The molecule has 0 aliphatic rings. The van der Waals surface area contributed by atoms with Crippen molar-refractivity contribution >= 4 is 40.5 Å². The Bertz CT molecular complexity index is 1200. The van der Waals surface area contributed by atoms with Gasteiger partial charge in [0.15, 0.2) is 0 Å². The molecule has 0 radical (unpaired) electrons. The van der Waals surface area contributed by atoms with Gasteiger partial charge in [-0.3, -0.25) is 4.79 Å². The van der Waals surface area contributed by atoms with Gasteiger partial charge in [0.05, 0.1) is 17.0 Å². The van der Waals surface area contributed by atoms with Gasteiger partial charge in [0, 0.05) is 28.7 Å². The highest BCUT2D eigenvalue weighted by Gasteiger charge is 2.12. The lowest BCUT2D eigenvalue weighted by molar-refractivity contribution is -0.113. The monoisotopic (exact) mass is 436 g/mol. The molecule has 7 heteroatoms. The summed E-state index contributed by atoms with van der Waals surface area (Å²) in [6, 6.07) is 15.9. The van der Waals surface area contributed by atoms with Crippen LogP contribution in [-0.2, 0) is 11.2 Å². The Morgan fingerprint density at radius 1 is 1.17 bits per heavy atom. The number of amides is 1. The molecule has 0 unspecified atom stereocenters. The Kier molecular flexibility index (Phi) is 6.06. The van der Waals surface area contributed by atoms with Crippen molar-refractivity contribution in [1.82, 2.24) is 14.6 Å². The third-order valence-corrected chi connectivity index (χ3v) is 6.21. The van der Waals surface area contributed by atoms with E-state index in [1.54, 1.807) is 16.8 Å². The van der Waals surface area contributed by atoms with Gasteiger partial charge in [-0.05, 0) is 42.7 Å². The van der Waals surface area contributed by atoms with E-state index >= 15 is 0 Å². The number of rotatable bonds is 6. The number of hydrogen-bond acceptors (Lipinski definition) is 4. The molecule has 2 heterocycles. The molecule has 0 aliphatic carbocycles. The van der Waals surface area contributed by atoms with Crippen molar-refractivity contribution in [2.75, 3.05) is 11.1 Å². The van der Waals surface area contributed by atoms with E-state index in [9.17, 15) is 4.79 Å². The number of carbonyl (C=O) groups is 1. The van der Waals surface area contributed by atoms with Crippen molar-refractivity contribution in [3.05, 3.63) is 77.1 Å². The van der Waals surface area contributed by atoms with E-state index in [2.05, 4.69) is 46.6 Å². The zero-order valence-electron chi connectivity index (χ0n) is 16.7. The summed E-state index contributed by atoms with van der Waals surface area (Å²) in [7, 11) is 0. The first-order valence-corrected chi connectivity index (χ1v) is 11.0. The van der Waals surface area contributed by atoms with Crippen LogP contribution in [0.2, 0.25) is 5.02 Å². The molecule has 152 valence electrons. The summed E-state index contributed by atoms with van der Waals surface area (Å²) in [6.07, 6.45) is 4.52. The second-order valence-corrected chi connectivity index (χ2v) is 8.31. The first-order chi connectivity index (χ1) is 14.5. The molecule has 0 spiro atoms. The highest BCUT2D eigenvalue weighted by molar-refractivity contribution is 8.00. The Morgan fingerprint density at radius 2 is 1.97 bits per heavy atom. The molecule has 0 atom stereocenters. The molecule has 0 saturated carbocycles. The zero-order valence-corrected chi connectivity index (χ0v) is 18.3. The minimum absolute atomic E-state index is 0.112. The summed E-state index contributed by atoms with van der Waals surface area (Å²) in [5.41, 5.74) is 5.77. The van der Waals surface area contributed by atoms with Crippen molar-refractivity contribution in [2.45, 2.75) is 25.3 Å². The van der Waals surface area contributed by atoms with Crippen LogP contribution in [0.15, 0.2) is 66.0 Å². The fourth-order valence-electron chi connectivity index (χ4n) is 3.06. The Labute approximate surface area is 184 Å². The molecule has 2 aromatic heterocycles. The van der Waals surface area contributed by atoms with Gasteiger partial charge < -0.3 is 5.32 Å². The first kappa shape index (κ1) is 20.4. The third kappa shape index (κ3) is 4.50. The number of thioether (sulfide) groups is 1. The molecule has 5 nitrogen and oxygen atoms in total. The minimum atomic E-state index is -0.112. The second kappa shape index (κ2) is 8.90. The van der Waals surface area contributed by atoms with Crippen molar-refractivity contribution in [3.8, 4) is 11.3 Å². The van der Waals surface area contributed by atoms with Crippen molar-refractivity contribution in [1.29, 1.82) is 0 Å². The molecule has 0 saturated heterocycles. The highest BCUT2D eigenvalue weighted by Crippen LogP contribution is 2.27. The molecular weight excluding hydrogens is 416 g/mol. The summed E-state index contributed by atoms with van der Waals surface area (Å²) < 4.78 is 1.80. The van der Waals surface area contributed by atoms with Crippen LogP contribution in [0.25, 0.3) is 16.8 Å². The number of halogens is 1.